The smallest absolute Gasteiger partial charge is 0.228 e. The summed E-state index contributed by atoms with van der Waals surface area (Å²) in [5.41, 5.74) is 2.13. The summed E-state index contributed by atoms with van der Waals surface area (Å²) in [6.07, 6.45) is 2.70. The van der Waals surface area contributed by atoms with Gasteiger partial charge in [-0.05, 0) is 55.4 Å². The molecule has 2 aromatic carbocycles. The molecule has 7 heteroatoms. The van der Waals surface area contributed by atoms with Crippen molar-refractivity contribution in [2.75, 3.05) is 24.6 Å². The predicted molar refractivity (Wildman–Crippen MR) is 123 cm³/mol. The summed E-state index contributed by atoms with van der Waals surface area (Å²) in [5.74, 6) is -0.675. The van der Waals surface area contributed by atoms with E-state index in [4.69, 9.17) is 0 Å². The van der Waals surface area contributed by atoms with Crippen LogP contribution in [0.1, 0.15) is 36.9 Å². The van der Waals surface area contributed by atoms with Gasteiger partial charge in [0.05, 0.1) is 17.4 Å². The fourth-order valence-corrected chi connectivity index (χ4v) is 6.97. The molecule has 2 saturated heterocycles. The molecule has 1 N–H and O–H groups in total. The number of hydrogen-bond donors (Lipinski definition) is 1. The molecule has 2 aliphatic heterocycles. The van der Waals surface area contributed by atoms with Gasteiger partial charge in [0, 0.05) is 25.2 Å². The summed E-state index contributed by atoms with van der Waals surface area (Å²) in [4.78, 5) is 15.3. The van der Waals surface area contributed by atoms with Crippen LogP contribution in [0.3, 0.4) is 0 Å². The average Bonchev–Trinajstić information content (AvgIpc) is 3.09. The van der Waals surface area contributed by atoms with Crippen LogP contribution >= 0.6 is 0 Å². The number of rotatable bonds is 6. The van der Waals surface area contributed by atoms with Crippen LogP contribution in [0, 0.1) is 17.7 Å². The van der Waals surface area contributed by atoms with Crippen LogP contribution in [0.25, 0.3) is 0 Å². The van der Waals surface area contributed by atoms with Gasteiger partial charge in [-0.1, -0.05) is 42.5 Å². The van der Waals surface area contributed by atoms with Crippen LogP contribution in [0.4, 0.5) is 4.39 Å². The van der Waals surface area contributed by atoms with E-state index in [1.807, 2.05) is 42.2 Å². The van der Waals surface area contributed by atoms with Crippen molar-refractivity contribution < 1.29 is 17.6 Å². The Kier molecular flexibility index (Phi) is 6.96. The first-order valence-electron chi connectivity index (χ1n) is 11.4. The lowest BCUT2D eigenvalue weighted by molar-refractivity contribution is -0.137. The van der Waals surface area contributed by atoms with E-state index in [9.17, 15) is 17.6 Å². The molecule has 2 aliphatic rings. The molecule has 0 spiro atoms. The number of hydrogen-bond acceptors (Lipinski definition) is 4. The van der Waals surface area contributed by atoms with E-state index in [1.54, 1.807) is 12.1 Å². The summed E-state index contributed by atoms with van der Waals surface area (Å²) < 4.78 is 38.1. The van der Waals surface area contributed by atoms with Gasteiger partial charge in [0.1, 0.15) is 5.82 Å². The van der Waals surface area contributed by atoms with Crippen molar-refractivity contribution in [3.05, 3.63) is 71.5 Å². The zero-order chi connectivity index (χ0) is 22.7. The topological polar surface area (TPSA) is 66.5 Å². The van der Waals surface area contributed by atoms with Gasteiger partial charge >= 0.3 is 0 Å². The minimum Gasteiger partial charge on any atom is -0.342 e. The number of carbonyl (C=O) groups excluding carboxylic acids is 1. The fraction of sp³-hybridized carbons (Fsp3) is 0.480. The molecule has 1 unspecified atom stereocenters. The maximum absolute atomic E-state index is 13.4. The van der Waals surface area contributed by atoms with E-state index in [1.165, 1.54) is 12.1 Å². The Hall–Kier alpha value is -2.25. The van der Waals surface area contributed by atoms with Gasteiger partial charge in [0.2, 0.25) is 5.91 Å². The standard InChI is InChI=1S/C25H31FN2O3S/c1-18(21-7-3-2-4-8-21)27-24-17-32(30,31)16-23(24)25(29)28-13-5-6-20(15-28)14-19-9-11-22(26)12-10-19/h2-4,7-12,18,20,23-24,27H,5-6,13-17H2,1H3/t18-,20?,23-,24-/m1/s1. The van der Waals surface area contributed by atoms with E-state index in [0.717, 1.165) is 30.4 Å². The highest BCUT2D eigenvalue weighted by atomic mass is 32.2. The Morgan fingerprint density at radius 1 is 1.12 bits per heavy atom. The normalized spacial score (nSPS) is 26.1. The van der Waals surface area contributed by atoms with Crippen LogP contribution < -0.4 is 5.32 Å². The molecule has 4 rings (SSSR count). The van der Waals surface area contributed by atoms with E-state index in [2.05, 4.69) is 5.32 Å². The van der Waals surface area contributed by atoms with E-state index in [-0.39, 0.29) is 35.3 Å². The quantitative estimate of drug-likeness (QED) is 0.721. The molecule has 2 aromatic rings. The highest BCUT2D eigenvalue weighted by Crippen LogP contribution is 2.28. The van der Waals surface area contributed by atoms with Crippen molar-refractivity contribution in [2.45, 2.75) is 38.3 Å². The third-order valence-corrected chi connectivity index (χ3v) is 8.44. The first-order chi connectivity index (χ1) is 15.3. The van der Waals surface area contributed by atoms with Crippen LogP contribution in [0.15, 0.2) is 54.6 Å². The van der Waals surface area contributed by atoms with Crippen LogP contribution in [0.5, 0.6) is 0 Å². The predicted octanol–water partition coefficient (Wildman–Crippen LogP) is 3.37. The lowest BCUT2D eigenvalue weighted by atomic mass is 9.90. The molecular formula is C25H31FN2O3S. The number of piperidine rings is 1. The van der Waals surface area contributed by atoms with Crippen molar-refractivity contribution >= 4 is 15.7 Å². The number of nitrogens with one attached hydrogen (secondary N) is 1. The van der Waals surface area contributed by atoms with E-state index < -0.39 is 15.8 Å². The van der Waals surface area contributed by atoms with Crippen molar-refractivity contribution in [1.82, 2.24) is 10.2 Å². The Labute approximate surface area is 189 Å². The Morgan fingerprint density at radius 2 is 1.84 bits per heavy atom. The molecule has 4 atom stereocenters. The largest absolute Gasteiger partial charge is 0.342 e. The Morgan fingerprint density at radius 3 is 2.56 bits per heavy atom. The number of carbonyl (C=O) groups is 1. The van der Waals surface area contributed by atoms with Crippen molar-refractivity contribution in [3.8, 4) is 0 Å². The second kappa shape index (κ2) is 9.71. The Bertz CT molecular complexity index is 1030. The van der Waals surface area contributed by atoms with E-state index in [0.29, 0.717) is 19.0 Å². The average molecular weight is 459 g/mol. The van der Waals surface area contributed by atoms with Gasteiger partial charge in [-0.25, -0.2) is 12.8 Å². The van der Waals surface area contributed by atoms with E-state index >= 15 is 0 Å². The SMILES string of the molecule is C[C@@H](N[C@@H]1CS(=O)(=O)C[C@H]1C(=O)N1CCCC(Cc2ccc(F)cc2)C1)c1ccccc1. The number of benzene rings is 2. The van der Waals surface area contributed by atoms with Crippen LogP contribution in [-0.2, 0) is 21.1 Å². The van der Waals surface area contributed by atoms with Crippen LogP contribution in [0.2, 0.25) is 0 Å². The third-order valence-electron chi connectivity index (χ3n) is 6.70. The van der Waals surface area contributed by atoms with Gasteiger partial charge in [-0.2, -0.15) is 0 Å². The monoisotopic (exact) mass is 458 g/mol. The summed E-state index contributed by atoms with van der Waals surface area (Å²) in [6.45, 7) is 3.28. The molecule has 0 saturated carbocycles. The molecule has 0 aliphatic carbocycles. The molecule has 0 radical (unpaired) electrons. The first-order valence-corrected chi connectivity index (χ1v) is 13.2. The van der Waals surface area contributed by atoms with Gasteiger partial charge in [-0.3, -0.25) is 4.79 Å². The molecule has 2 heterocycles. The number of sulfone groups is 1. The maximum Gasteiger partial charge on any atom is 0.228 e. The summed E-state index contributed by atoms with van der Waals surface area (Å²) in [6, 6.07) is 16.0. The zero-order valence-corrected chi connectivity index (χ0v) is 19.2. The molecule has 172 valence electrons. The molecule has 2 fully saturated rings. The highest BCUT2D eigenvalue weighted by molar-refractivity contribution is 7.91. The first kappa shape index (κ1) is 22.9. The third kappa shape index (κ3) is 5.56. The number of amides is 1. The number of nitrogens with zero attached hydrogens (tertiary/aromatic N) is 1. The minimum atomic E-state index is -3.27. The van der Waals surface area contributed by atoms with Gasteiger partial charge < -0.3 is 10.2 Å². The lowest BCUT2D eigenvalue weighted by Gasteiger charge is -2.35. The van der Waals surface area contributed by atoms with Crippen LogP contribution in [-0.4, -0.2) is 49.9 Å². The van der Waals surface area contributed by atoms with Gasteiger partial charge in [0.15, 0.2) is 9.84 Å². The second-order valence-corrected chi connectivity index (χ2v) is 11.4. The summed E-state index contributed by atoms with van der Waals surface area (Å²) in [7, 11) is -3.27. The second-order valence-electron chi connectivity index (χ2n) is 9.21. The Balaban J connectivity index is 1.43. The molecule has 5 nitrogen and oxygen atoms in total. The zero-order valence-electron chi connectivity index (χ0n) is 18.4. The fourth-order valence-electron chi connectivity index (χ4n) is 5.03. The maximum atomic E-state index is 13.4. The molecule has 1 amide bonds. The molecular weight excluding hydrogens is 427 g/mol. The molecule has 0 bridgehead atoms. The van der Waals surface area contributed by atoms with Crippen molar-refractivity contribution in [2.24, 2.45) is 11.8 Å². The molecule has 32 heavy (non-hydrogen) atoms. The molecule has 0 aromatic heterocycles. The lowest BCUT2D eigenvalue weighted by Crippen LogP contribution is -2.49. The van der Waals surface area contributed by atoms with Gasteiger partial charge in [0.25, 0.3) is 0 Å². The number of likely N-dealkylation sites (tertiary alicyclic amines) is 1. The van der Waals surface area contributed by atoms with Gasteiger partial charge in [-0.15, -0.1) is 0 Å². The number of halogens is 1. The summed E-state index contributed by atoms with van der Waals surface area (Å²) >= 11 is 0. The summed E-state index contributed by atoms with van der Waals surface area (Å²) in [5, 5.41) is 3.41. The van der Waals surface area contributed by atoms with Crippen molar-refractivity contribution in [3.63, 3.8) is 0 Å². The highest BCUT2D eigenvalue weighted by Gasteiger charge is 2.44. The minimum absolute atomic E-state index is 0.00652. The van der Waals surface area contributed by atoms with Crippen molar-refractivity contribution in [1.29, 1.82) is 0 Å².